The van der Waals surface area contributed by atoms with Crippen molar-refractivity contribution in [1.82, 2.24) is 0 Å². The van der Waals surface area contributed by atoms with E-state index in [1.165, 1.54) is 13.2 Å². The molecule has 2 aliphatic heterocycles. The molecule has 6 heteroatoms. The van der Waals surface area contributed by atoms with Gasteiger partial charge < -0.3 is 9.47 Å². The van der Waals surface area contributed by atoms with Gasteiger partial charge in [-0.25, -0.2) is 0 Å². The first-order valence-corrected chi connectivity index (χ1v) is 10.5. The Kier molecular flexibility index (Phi) is 5.86. The zero-order valence-electron chi connectivity index (χ0n) is 17.2. The Bertz CT molecular complexity index is 933. The molecule has 4 atom stereocenters. The number of Topliss-reactive ketones (excluding diaryl/α,β-unsaturated/α-hetero) is 2. The highest BCUT2D eigenvalue weighted by molar-refractivity contribution is 9.12. The molecule has 1 aliphatic carbocycles. The molecule has 2 heterocycles. The monoisotopic (exact) mass is 460 g/mol. The third-order valence-electron chi connectivity index (χ3n) is 5.77. The largest absolute Gasteiger partial charge is 0.465 e. The molecule has 0 bridgehead atoms. The first kappa shape index (κ1) is 21.5. The molecule has 3 rings (SSSR count). The van der Waals surface area contributed by atoms with Crippen molar-refractivity contribution in [2.45, 2.75) is 46.6 Å². The van der Waals surface area contributed by atoms with E-state index in [0.717, 1.165) is 12.0 Å². The van der Waals surface area contributed by atoms with Crippen molar-refractivity contribution in [3.63, 3.8) is 0 Å². The van der Waals surface area contributed by atoms with Crippen LogP contribution >= 0.6 is 15.9 Å². The lowest BCUT2D eigenvalue weighted by atomic mass is 9.68. The summed E-state index contributed by atoms with van der Waals surface area (Å²) in [6.45, 7) is 9.22. The minimum absolute atomic E-state index is 0.320. The normalized spacial score (nSPS) is 30.3. The molecule has 0 amide bonds. The van der Waals surface area contributed by atoms with Crippen LogP contribution in [0.5, 0.6) is 0 Å². The van der Waals surface area contributed by atoms with Crippen LogP contribution < -0.4 is 0 Å². The van der Waals surface area contributed by atoms with E-state index in [2.05, 4.69) is 35.9 Å². The van der Waals surface area contributed by atoms with Crippen LogP contribution in [-0.2, 0) is 23.9 Å². The fourth-order valence-corrected chi connectivity index (χ4v) is 4.74. The van der Waals surface area contributed by atoms with Crippen molar-refractivity contribution in [3.8, 4) is 0 Å². The molecule has 0 spiro atoms. The Balaban J connectivity index is 1.98. The van der Waals surface area contributed by atoms with Gasteiger partial charge in [-0.1, -0.05) is 38.0 Å². The predicted molar refractivity (Wildman–Crippen MR) is 113 cm³/mol. The van der Waals surface area contributed by atoms with E-state index >= 15 is 0 Å². The highest BCUT2D eigenvalue weighted by atomic mass is 79.9. The van der Waals surface area contributed by atoms with Crippen molar-refractivity contribution in [1.29, 1.82) is 0 Å². The lowest BCUT2D eigenvalue weighted by Crippen LogP contribution is -2.47. The average Bonchev–Trinajstić information content (AvgIpc) is 2.96. The number of halogens is 1. The molecule has 0 aromatic rings. The minimum Gasteiger partial charge on any atom is -0.465 e. The van der Waals surface area contributed by atoms with Gasteiger partial charge in [0.15, 0.2) is 5.60 Å². The number of ether oxygens (including phenoxy) is 2. The summed E-state index contributed by atoms with van der Waals surface area (Å²) < 4.78 is 11.5. The molecular formula is C23H25BrO5. The predicted octanol–water partition coefficient (Wildman–Crippen LogP) is 4.70. The van der Waals surface area contributed by atoms with Crippen molar-refractivity contribution in [3.05, 3.63) is 57.5 Å². The van der Waals surface area contributed by atoms with Crippen LogP contribution in [-0.4, -0.2) is 23.1 Å². The smallest absolute Gasteiger partial charge is 0.318 e. The second kappa shape index (κ2) is 7.90. The molecule has 1 fully saturated rings. The number of carbonyl (C=O) groups excluding carboxylic acids is 3. The number of rotatable bonds is 5. The van der Waals surface area contributed by atoms with Gasteiger partial charge in [0.05, 0.1) is 16.7 Å². The topological polar surface area (TPSA) is 69.7 Å². The Morgan fingerprint density at radius 3 is 2.66 bits per heavy atom. The third-order valence-corrected chi connectivity index (χ3v) is 6.56. The molecule has 0 radical (unpaired) electrons. The number of esters is 1. The highest BCUT2D eigenvalue weighted by Crippen LogP contribution is 2.52. The summed E-state index contributed by atoms with van der Waals surface area (Å²) in [5.41, 5.74) is 0.942. The van der Waals surface area contributed by atoms with Gasteiger partial charge in [0.1, 0.15) is 17.5 Å². The summed E-state index contributed by atoms with van der Waals surface area (Å²) >= 11 is 3.37. The van der Waals surface area contributed by atoms with Gasteiger partial charge in [-0.2, -0.15) is 0 Å². The molecule has 3 aliphatic rings. The van der Waals surface area contributed by atoms with Crippen LogP contribution in [0.3, 0.4) is 0 Å². The maximum atomic E-state index is 13.0. The van der Waals surface area contributed by atoms with Crippen LogP contribution in [0.2, 0.25) is 0 Å². The molecule has 0 N–H and O–H groups in total. The molecule has 29 heavy (non-hydrogen) atoms. The summed E-state index contributed by atoms with van der Waals surface area (Å²) in [6.07, 6.45) is 10.3. The minimum atomic E-state index is -1.41. The Labute approximate surface area is 179 Å². The Morgan fingerprint density at radius 2 is 2.03 bits per heavy atom. The van der Waals surface area contributed by atoms with Crippen molar-refractivity contribution in [2.24, 2.45) is 17.8 Å². The lowest BCUT2D eigenvalue weighted by Gasteiger charge is -2.36. The number of allylic oxidation sites excluding steroid dienone is 6. The van der Waals surface area contributed by atoms with E-state index < -0.39 is 23.4 Å². The quantitative estimate of drug-likeness (QED) is 0.337. The Morgan fingerprint density at radius 1 is 1.34 bits per heavy atom. The number of carbonyl (C=O) groups is 3. The summed E-state index contributed by atoms with van der Waals surface area (Å²) in [5.74, 6) is -2.00. The van der Waals surface area contributed by atoms with E-state index in [0.29, 0.717) is 27.3 Å². The van der Waals surface area contributed by atoms with Gasteiger partial charge in [0, 0.05) is 11.1 Å². The van der Waals surface area contributed by atoms with Crippen molar-refractivity contribution in [2.75, 3.05) is 0 Å². The van der Waals surface area contributed by atoms with Gasteiger partial charge in [0.2, 0.25) is 5.78 Å². The zero-order chi connectivity index (χ0) is 21.5. The van der Waals surface area contributed by atoms with Crippen molar-refractivity contribution < 1.29 is 23.9 Å². The second-order valence-corrected chi connectivity index (χ2v) is 8.81. The standard InChI is InChI=1S/C23H25BrO5/c1-6-12(2)9-13(3)7-8-15-10-16-17(11-28-15)19-18(14(4)25)22(27)29-23(19,5)21(26)20(16)24/h7-12,18-19H,6H2,1-5H3/b8-7+,13-9+/t12-,18?,19?,23+/m0/s1. The maximum Gasteiger partial charge on any atom is 0.318 e. The molecule has 1 saturated heterocycles. The fraction of sp³-hybridized carbons (Fsp3) is 0.435. The number of fused-ring (bicyclic) bond motifs is 3. The van der Waals surface area contributed by atoms with Crippen LogP contribution in [0.4, 0.5) is 0 Å². The number of ketones is 2. The van der Waals surface area contributed by atoms with Gasteiger partial charge in [-0.3, -0.25) is 14.4 Å². The molecule has 0 aromatic heterocycles. The van der Waals surface area contributed by atoms with E-state index in [1.807, 2.05) is 19.1 Å². The fourth-order valence-electron chi connectivity index (χ4n) is 4.00. The molecule has 0 aromatic carbocycles. The maximum absolute atomic E-state index is 13.0. The van der Waals surface area contributed by atoms with Crippen LogP contribution in [0.25, 0.3) is 0 Å². The first-order valence-electron chi connectivity index (χ1n) is 9.73. The molecular weight excluding hydrogens is 436 g/mol. The zero-order valence-corrected chi connectivity index (χ0v) is 18.8. The van der Waals surface area contributed by atoms with Gasteiger partial charge >= 0.3 is 5.97 Å². The van der Waals surface area contributed by atoms with Crippen LogP contribution in [0, 0.1) is 17.8 Å². The average molecular weight is 461 g/mol. The second-order valence-electron chi connectivity index (χ2n) is 8.02. The van der Waals surface area contributed by atoms with Crippen LogP contribution in [0.15, 0.2) is 57.5 Å². The first-order chi connectivity index (χ1) is 13.6. The van der Waals surface area contributed by atoms with Gasteiger partial charge in [-0.15, -0.1) is 0 Å². The summed E-state index contributed by atoms with van der Waals surface area (Å²) in [7, 11) is 0. The van der Waals surface area contributed by atoms with E-state index in [4.69, 9.17) is 9.47 Å². The lowest BCUT2D eigenvalue weighted by molar-refractivity contribution is -0.156. The molecule has 154 valence electrons. The van der Waals surface area contributed by atoms with Crippen molar-refractivity contribution >= 4 is 33.5 Å². The van der Waals surface area contributed by atoms with Gasteiger partial charge in [-0.05, 0) is 54.8 Å². The molecule has 5 nitrogen and oxygen atoms in total. The Hall–Kier alpha value is -2.21. The van der Waals surface area contributed by atoms with E-state index in [1.54, 1.807) is 13.0 Å². The SMILES string of the molecule is CC[C@H](C)/C=C(C)/C=C/C1=CC2=C(Br)C(=O)[C@]3(C)OC(=O)C(C(C)=O)C3C2=CO1. The highest BCUT2D eigenvalue weighted by Gasteiger charge is 2.63. The summed E-state index contributed by atoms with van der Waals surface area (Å²) in [4.78, 5) is 37.5. The molecule has 2 unspecified atom stereocenters. The number of hydrogen-bond acceptors (Lipinski definition) is 5. The third kappa shape index (κ3) is 3.70. The number of hydrogen-bond donors (Lipinski definition) is 0. The summed E-state index contributed by atoms with van der Waals surface area (Å²) in [5, 5.41) is 0. The molecule has 0 saturated carbocycles. The van der Waals surface area contributed by atoms with Crippen LogP contribution in [0.1, 0.15) is 41.0 Å². The summed E-state index contributed by atoms with van der Waals surface area (Å²) in [6, 6.07) is 0. The van der Waals surface area contributed by atoms with Gasteiger partial charge in [0.25, 0.3) is 0 Å². The van der Waals surface area contributed by atoms with E-state index in [9.17, 15) is 14.4 Å². The van der Waals surface area contributed by atoms with E-state index in [-0.39, 0.29) is 11.6 Å².